The highest BCUT2D eigenvalue weighted by Crippen LogP contribution is 2.13. The van der Waals surface area contributed by atoms with Gasteiger partial charge in [0.25, 0.3) is 0 Å². The van der Waals surface area contributed by atoms with Gasteiger partial charge in [0.1, 0.15) is 0 Å². The second-order valence-electron chi connectivity index (χ2n) is 4.86. The van der Waals surface area contributed by atoms with Crippen LogP contribution in [0.1, 0.15) is 27.2 Å². The molecule has 1 aliphatic rings. The topological polar surface area (TPSA) is 15.3 Å². The Kier molecular flexibility index (Phi) is 4.20. The molecular weight excluding hydrogens is 160 g/mol. The highest BCUT2D eigenvalue weighted by atomic mass is 15.1. The van der Waals surface area contributed by atoms with E-state index in [1.165, 1.54) is 26.1 Å². The van der Waals surface area contributed by atoms with Crippen molar-refractivity contribution in [3.8, 4) is 0 Å². The summed E-state index contributed by atoms with van der Waals surface area (Å²) in [6, 6.07) is 0.658. The molecule has 0 spiro atoms. The first-order chi connectivity index (χ1) is 6.09. The summed E-state index contributed by atoms with van der Waals surface area (Å²) >= 11 is 0. The Balaban J connectivity index is 2.12. The molecule has 0 amide bonds. The Morgan fingerprint density at radius 1 is 1.38 bits per heavy atom. The maximum absolute atomic E-state index is 3.62. The molecule has 0 saturated carbocycles. The molecule has 78 valence electrons. The molecule has 0 aliphatic carbocycles. The van der Waals surface area contributed by atoms with Crippen molar-refractivity contribution < 1.29 is 0 Å². The molecule has 0 radical (unpaired) electrons. The SMILES string of the molecule is CC(C)C(C)NCC1CCN(C)C1. The summed E-state index contributed by atoms with van der Waals surface area (Å²) in [5.41, 5.74) is 0. The minimum absolute atomic E-state index is 0.658. The van der Waals surface area contributed by atoms with Crippen molar-refractivity contribution in [1.82, 2.24) is 10.2 Å². The van der Waals surface area contributed by atoms with Gasteiger partial charge in [-0.1, -0.05) is 13.8 Å². The molecule has 2 atom stereocenters. The fraction of sp³-hybridized carbons (Fsp3) is 1.00. The van der Waals surface area contributed by atoms with Gasteiger partial charge < -0.3 is 10.2 Å². The smallest absolute Gasteiger partial charge is 0.00618 e. The molecule has 1 saturated heterocycles. The van der Waals surface area contributed by atoms with E-state index >= 15 is 0 Å². The van der Waals surface area contributed by atoms with Crippen molar-refractivity contribution in [2.75, 3.05) is 26.7 Å². The number of rotatable bonds is 4. The Bertz CT molecular complexity index is 145. The second-order valence-corrected chi connectivity index (χ2v) is 4.86. The summed E-state index contributed by atoms with van der Waals surface area (Å²) in [6.07, 6.45) is 1.37. The van der Waals surface area contributed by atoms with E-state index in [2.05, 4.69) is 38.0 Å². The molecule has 13 heavy (non-hydrogen) atoms. The summed E-state index contributed by atoms with van der Waals surface area (Å²) in [5.74, 6) is 1.63. The van der Waals surface area contributed by atoms with Gasteiger partial charge in [-0.2, -0.15) is 0 Å². The van der Waals surface area contributed by atoms with E-state index in [0.717, 1.165) is 11.8 Å². The molecule has 1 aliphatic heterocycles. The highest BCUT2D eigenvalue weighted by molar-refractivity contribution is 4.76. The standard InChI is InChI=1S/C11H24N2/c1-9(2)10(3)12-7-11-5-6-13(4)8-11/h9-12H,5-8H2,1-4H3. The van der Waals surface area contributed by atoms with Crippen LogP contribution in [0, 0.1) is 11.8 Å². The minimum atomic E-state index is 0.658. The van der Waals surface area contributed by atoms with Gasteiger partial charge in [-0.25, -0.2) is 0 Å². The average Bonchev–Trinajstić information content (AvgIpc) is 2.47. The van der Waals surface area contributed by atoms with Gasteiger partial charge in [0.05, 0.1) is 0 Å². The van der Waals surface area contributed by atoms with Gasteiger partial charge in [0.2, 0.25) is 0 Å². The van der Waals surface area contributed by atoms with Gasteiger partial charge in [-0.3, -0.25) is 0 Å². The van der Waals surface area contributed by atoms with Crippen molar-refractivity contribution in [3.63, 3.8) is 0 Å². The normalized spacial score (nSPS) is 27.0. The zero-order valence-electron chi connectivity index (χ0n) is 9.51. The van der Waals surface area contributed by atoms with Crippen LogP contribution in [0.2, 0.25) is 0 Å². The Hall–Kier alpha value is -0.0800. The second kappa shape index (κ2) is 4.97. The van der Waals surface area contributed by atoms with Crippen LogP contribution < -0.4 is 5.32 Å². The third kappa shape index (κ3) is 3.65. The first kappa shape index (κ1) is 11.0. The zero-order valence-corrected chi connectivity index (χ0v) is 9.51. The predicted molar refractivity (Wildman–Crippen MR) is 57.9 cm³/mol. The lowest BCUT2D eigenvalue weighted by Crippen LogP contribution is -2.35. The molecule has 2 heteroatoms. The van der Waals surface area contributed by atoms with Gasteiger partial charge in [-0.05, 0) is 45.3 Å². The Morgan fingerprint density at radius 2 is 2.08 bits per heavy atom. The molecule has 1 N–H and O–H groups in total. The highest BCUT2D eigenvalue weighted by Gasteiger charge is 2.19. The first-order valence-corrected chi connectivity index (χ1v) is 5.51. The van der Waals surface area contributed by atoms with Crippen LogP contribution in [0.3, 0.4) is 0 Å². The third-order valence-electron chi connectivity index (χ3n) is 3.22. The summed E-state index contributed by atoms with van der Waals surface area (Å²) in [5, 5.41) is 3.62. The average molecular weight is 184 g/mol. The molecule has 0 aromatic carbocycles. The van der Waals surface area contributed by atoms with E-state index in [1.54, 1.807) is 0 Å². The quantitative estimate of drug-likeness (QED) is 0.713. The molecular formula is C11H24N2. The van der Waals surface area contributed by atoms with Crippen LogP contribution in [0.15, 0.2) is 0 Å². The lowest BCUT2D eigenvalue weighted by molar-refractivity contribution is 0.360. The zero-order chi connectivity index (χ0) is 9.84. The van der Waals surface area contributed by atoms with Crippen LogP contribution in [0.4, 0.5) is 0 Å². The fourth-order valence-corrected chi connectivity index (χ4v) is 1.78. The lowest BCUT2D eigenvalue weighted by Gasteiger charge is -2.20. The molecule has 0 aromatic rings. The van der Waals surface area contributed by atoms with Crippen molar-refractivity contribution >= 4 is 0 Å². The number of nitrogens with one attached hydrogen (secondary N) is 1. The fourth-order valence-electron chi connectivity index (χ4n) is 1.78. The van der Waals surface area contributed by atoms with E-state index in [9.17, 15) is 0 Å². The van der Waals surface area contributed by atoms with Crippen molar-refractivity contribution in [2.45, 2.75) is 33.2 Å². The van der Waals surface area contributed by atoms with E-state index in [4.69, 9.17) is 0 Å². The maximum atomic E-state index is 3.62. The summed E-state index contributed by atoms with van der Waals surface area (Å²) in [6.45, 7) is 10.6. The van der Waals surface area contributed by atoms with Gasteiger partial charge >= 0.3 is 0 Å². The molecule has 0 aromatic heterocycles. The molecule has 2 nitrogen and oxygen atoms in total. The maximum Gasteiger partial charge on any atom is 0.00618 e. The van der Waals surface area contributed by atoms with Crippen molar-refractivity contribution in [3.05, 3.63) is 0 Å². The number of likely N-dealkylation sites (tertiary alicyclic amines) is 1. The number of hydrogen-bond donors (Lipinski definition) is 1. The van der Waals surface area contributed by atoms with E-state index in [0.29, 0.717) is 6.04 Å². The predicted octanol–water partition coefficient (Wildman–Crippen LogP) is 1.57. The van der Waals surface area contributed by atoms with Crippen molar-refractivity contribution in [2.24, 2.45) is 11.8 Å². The van der Waals surface area contributed by atoms with E-state index in [1.807, 2.05) is 0 Å². The van der Waals surface area contributed by atoms with Gasteiger partial charge in [0, 0.05) is 12.6 Å². The largest absolute Gasteiger partial charge is 0.314 e. The monoisotopic (exact) mass is 184 g/mol. The van der Waals surface area contributed by atoms with Gasteiger partial charge in [0.15, 0.2) is 0 Å². The van der Waals surface area contributed by atoms with Crippen LogP contribution in [-0.2, 0) is 0 Å². The Labute approximate surface area is 82.7 Å². The molecule has 0 bridgehead atoms. The van der Waals surface area contributed by atoms with Crippen LogP contribution in [0.5, 0.6) is 0 Å². The lowest BCUT2D eigenvalue weighted by atomic mass is 10.0. The number of hydrogen-bond acceptors (Lipinski definition) is 2. The Morgan fingerprint density at radius 3 is 2.54 bits per heavy atom. The van der Waals surface area contributed by atoms with Crippen LogP contribution in [0.25, 0.3) is 0 Å². The first-order valence-electron chi connectivity index (χ1n) is 5.51. The third-order valence-corrected chi connectivity index (χ3v) is 3.22. The molecule has 1 heterocycles. The van der Waals surface area contributed by atoms with Crippen LogP contribution in [-0.4, -0.2) is 37.6 Å². The molecule has 1 rings (SSSR count). The summed E-state index contributed by atoms with van der Waals surface area (Å²) in [4.78, 5) is 2.42. The molecule has 1 fully saturated rings. The van der Waals surface area contributed by atoms with E-state index in [-0.39, 0.29) is 0 Å². The minimum Gasteiger partial charge on any atom is -0.314 e. The number of nitrogens with zero attached hydrogens (tertiary/aromatic N) is 1. The van der Waals surface area contributed by atoms with Crippen LogP contribution >= 0.6 is 0 Å². The van der Waals surface area contributed by atoms with Crippen molar-refractivity contribution in [1.29, 1.82) is 0 Å². The molecule has 2 unspecified atom stereocenters. The van der Waals surface area contributed by atoms with E-state index < -0.39 is 0 Å². The summed E-state index contributed by atoms with van der Waals surface area (Å²) < 4.78 is 0. The van der Waals surface area contributed by atoms with Gasteiger partial charge in [-0.15, -0.1) is 0 Å². The summed E-state index contributed by atoms with van der Waals surface area (Å²) in [7, 11) is 2.21.